The lowest BCUT2D eigenvalue weighted by Crippen LogP contribution is -2.30. The molecule has 2 aromatic rings. The maximum atomic E-state index is 12.9. The van der Waals surface area contributed by atoms with Crippen LogP contribution in [0.4, 0.5) is 11.4 Å². The van der Waals surface area contributed by atoms with Crippen LogP contribution in [-0.2, 0) is 19.7 Å². The van der Waals surface area contributed by atoms with Gasteiger partial charge in [-0.05, 0) is 29.2 Å². The highest BCUT2D eigenvalue weighted by Gasteiger charge is 2.37. The predicted molar refractivity (Wildman–Crippen MR) is 112 cm³/mol. The van der Waals surface area contributed by atoms with E-state index in [1.54, 1.807) is 24.3 Å². The van der Waals surface area contributed by atoms with Gasteiger partial charge in [0.05, 0.1) is 24.3 Å². The molecule has 6 heteroatoms. The van der Waals surface area contributed by atoms with Crippen molar-refractivity contribution in [2.75, 3.05) is 23.9 Å². The molecule has 2 aromatic carbocycles. The van der Waals surface area contributed by atoms with Crippen molar-refractivity contribution in [2.24, 2.45) is 5.92 Å². The number of amides is 2. The number of methoxy groups -OCH3 is 1. The van der Waals surface area contributed by atoms with Crippen molar-refractivity contribution in [1.82, 2.24) is 0 Å². The van der Waals surface area contributed by atoms with Crippen molar-refractivity contribution in [2.45, 2.75) is 32.6 Å². The molecular weight excluding hydrogens is 368 g/mol. The number of para-hydroxylation sites is 2. The molecule has 3 rings (SSSR count). The summed E-state index contributed by atoms with van der Waals surface area (Å²) in [6, 6.07) is 14.5. The monoisotopic (exact) mass is 394 g/mol. The molecule has 1 fully saturated rings. The molecule has 0 aliphatic carbocycles. The highest BCUT2D eigenvalue weighted by molar-refractivity contribution is 6.07. The minimum Gasteiger partial charge on any atom is -0.465 e. The third-order valence-corrected chi connectivity index (χ3v) is 5.09. The van der Waals surface area contributed by atoms with Gasteiger partial charge in [0.1, 0.15) is 0 Å². The predicted octanol–water partition coefficient (Wildman–Crippen LogP) is 3.76. The van der Waals surface area contributed by atoms with Gasteiger partial charge in [-0.15, -0.1) is 0 Å². The van der Waals surface area contributed by atoms with Crippen LogP contribution in [0.25, 0.3) is 0 Å². The van der Waals surface area contributed by atoms with Crippen molar-refractivity contribution < 1.29 is 19.1 Å². The Morgan fingerprint density at radius 2 is 1.72 bits per heavy atom. The maximum absolute atomic E-state index is 12.9. The van der Waals surface area contributed by atoms with Gasteiger partial charge in [-0.1, -0.05) is 51.1 Å². The fourth-order valence-corrected chi connectivity index (χ4v) is 3.59. The lowest BCUT2D eigenvalue weighted by atomic mass is 9.85. The van der Waals surface area contributed by atoms with Crippen LogP contribution in [0.15, 0.2) is 48.5 Å². The third-order valence-electron chi connectivity index (χ3n) is 5.09. The molecule has 0 saturated carbocycles. The van der Waals surface area contributed by atoms with Crippen LogP contribution in [0.2, 0.25) is 0 Å². The van der Waals surface area contributed by atoms with Crippen LogP contribution in [-0.4, -0.2) is 31.4 Å². The van der Waals surface area contributed by atoms with Crippen LogP contribution in [0.5, 0.6) is 0 Å². The molecule has 1 atom stereocenters. The van der Waals surface area contributed by atoms with E-state index in [-0.39, 0.29) is 30.2 Å². The van der Waals surface area contributed by atoms with Gasteiger partial charge >= 0.3 is 5.97 Å². The van der Waals surface area contributed by atoms with Gasteiger partial charge in [0.2, 0.25) is 11.8 Å². The quantitative estimate of drug-likeness (QED) is 0.801. The summed E-state index contributed by atoms with van der Waals surface area (Å²) in [5, 5.41) is 2.99. The number of hydrogen-bond acceptors (Lipinski definition) is 4. The van der Waals surface area contributed by atoms with E-state index in [2.05, 4.69) is 26.1 Å². The Kier molecular flexibility index (Phi) is 5.73. The summed E-state index contributed by atoms with van der Waals surface area (Å²) in [5.74, 6) is -1.40. The molecule has 1 unspecified atom stereocenters. The maximum Gasteiger partial charge on any atom is 0.339 e. The summed E-state index contributed by atoms with van der Waals surface area (Å²) in [4.78, 5) is 39.1. The number of carbonyl (C=O) groups excluding carboxylic acids is 3. The second kappa shape index (κ2) is 8.07. The highest BCUT2D eigenvalue weighted by Crippen LogP contribution is 2.32. The number of rotatable bonds is 4. The largest absolute Gasteiger partial charge is 0.465 e. The first-order valence-electron chi connectivity index (χ1n) is 9.60. The molecule has 0 radical (unpaired) electrons. The molecule has 0 spiro atoms. The molecule has 1 N–H and O–H groups in total. The van der Waals surface area contributed by atoms with E-state index in [0.29, 0.717) is 11.3 Å². The van der Waals surface area contributed by atoms with E-state index in [0.717, 1.165) is 11.3 Å². The molecule has 1 aliphatic rings. The van der Waals surface area contributed by atoms with Gasteiger partial charge in [0, 0.05) is 18.7 Å². The number of anilines is 2. The standard InChI is InChI=1S/C23H26N2O4/c1-23(2,3)17-10-6-7-11-18(17)24-21(27)15-13-20(26)25(14-15)19-12-8-5-9-16(19)22(28)29-4/h5-12,15H,13-14H2,1-4H3,(H,24,27). The molecule has 1 saturated heterocycles. The van der Waals surface area contributed by atoms with Gasteiger partial charge in [0.15, 0.2) is 0 Å². The van der Waals surface area contributed by atoms with Gasteiger partial charge < -0.3 is 15.0 Å². The number of nitrogens with one attached hydrogen (secondary N) is 1. The van der Waals surface area contributed by atoms with Crippen LogP contribution < -0.4 is 10.2 Å². The van der Waals surface area contributed by atoms with Crippen molar-refractivity contribution in [3.63, 3.8) is 0 Å². The topological polar surface area (TPSA) is 75.7 Å². The van der Waals surface area contributed by atoms with Crippen molar-refractivity contribution in [3.05, 3.63) is 59.7 Å². The first-order valence-corrected chi connectivity index (χ1v) is 9.60. The summed E-state index contributed by atoms with van der Waals surface area (Å²) in [5.41, 5.74) is 2.44. The second-order valence-electron chi connectivity index (χ2n) is 8.20. The van der Waals surface area contributed by atoms with Crippen LogP contribution in [0.1, 0.15) is 43.1 Å². The van der Waals surface area contributed by atoms with E-state index in [4.69, 9.17) is 4.74 Å². The fourth-order valence-electron chi connectivity index (χ4n) is 3.59. The molecule has 2 amide bonds. The lowest BCUT2D eigenvalue weighted by Gasteiger charge is -2.24. The first-order chi connectivity index (χ1) is 13.7. The van der Waals surface area contributed by atoms with Gasteiger partial charge in [0.25, 0.3) is 0 Å². The molecular formula is C23H26N2O4. The third kappa shape index (κ3) is 4.31. The van der Waals surface area contributed by atoms with Crippen LogP contribution in [0.3, 0.4) is 0 Å². The molecule has 1 heterocycles. The van der Waals surface area contributed by atoms with E-state index >= 15 is 0 Å². The summed E-state index contributed by atoms with van der Waals surface area (Å²) in [7, 11) is 1.30. The lowest BCUT2D eigenvalue weighted by molar-refractivity contribution is -0.122. The number of carbonyl (C=O) groups is 3. The average Bonchev–Trinajstić information content (AvgIpc) is 3.08. The molecule has 0 bridgehead atoms. The Labute approximate surface area is 170 Å². The SMILES string of the molecule is COC(=O)c1ccccc1N1CC(C(=O)Nc2ccccc2C(C)(C)C)CC1=O. The summed E-state index contributed by atoms with van der Waals surface area (Å²) < 4.78 is 4.81. The molecule has 152 valence electrons. The number of ether oxygens (including phenoxy) is 1. The summed E-state index contributed by atoms with van der Waals surface area (Å²) >= 11 is 0. The number of hydrogen-bond donors (Lipinski definition) is 1. The van der Waals surface area contributed by atoms with Gasteiger partial charge in [-0.25, -0.2) is 4.79 Å². The molecule has 1 aliphatic heterocycles. The van der Waals surface area contributed by atoms with Crippen LogP contribution in [0, 0.1) is 5.92 Å². The zero-order valence-corrected chi connectivity index (χ0v) is 17.2. The van der Waals surface area contributed by atoms with E-state index < -0.39 is 11.9 Å². The zero-order valence-electron chi connectivity index (χ0n) is 17.2. The van der Waals surface area contributed by atoms with E-state index in [1.165, 1.54) is 12.0 Å². The van der Waals surface area contributed by atoms with Crippen LogP contribution >= 0.6 is 0 Å². The molecule has 29 heavy (non-hydrogen) atoms. The zero-order chi connectivity index (χ0) is 21.2. The minimum absolute atomic E-state index is 0.0963. The Balaban J connectivity index is 1.80. The minimum atomic E-state index is -0.514. The van der Waals surface area contributed by atoms with Crippen molar-refractivity contribution in [3.8, 4) is 0 Å². The second-order valence-corrected chi connectivity index (χ2v) is 8.20. The number of benzene rings is 2. The Hall–Kier alpha value is -3.15. The van der Waals surface area contributed by atoms with Gasteiger partial charge in [-0.2, -0.15) is 0 Å². The number of nitrogens with zero attached hydrogens (tertiary/aromatic N) is 1. The molecule has 0 aromatic heterocycles. The Morgan fingerprint density at radius 3 is 2.41 bits per heavy atom. The number of esters is 1. The average molecular weight is 394 g/mol. The summed E-state index contributed by atoms with van der Waals surface area (Å²) in [6.45, 7) is 6.48. The summed E-state index contributed by atoms with van der Waals surface area (Å²) in [6.07, 6.45) is 0.0963. The van der Waals surface area contributed by atoms with E-state index in [9.17, 15) is 14.4 Å². The van der Waals surface area contributed by atoms with Crippen molar-refractivity contribution >= 4 is 29.2 Å². The first kappa shape index (κ1) is 20.6. The molecule has 6 nitrogen and oxygen atoms in total. The van der Waals surface area contributed by atoms with Crippen molar-refractivity contribution in [1.29, 1.82) is 0 Å². The normalized spacial score (nSPS) is 16.6. The van der Waals surface area contributed by atoms with Gasteiger partial charge in [-0.3, -0.25) is 9.59 Å². The Morgan fingerprint density at radius 1 is 1.07 bits per heavy atom. The fraction of sp³-hybridized carbons (Fsp3) is 0.348. The van der Waals surface area contributed by atoms with E-state index in [1.807, 2.05) is 24.3 Å². The highest BCUT2D eigenvalue weighted by atomic mass is 16.5. The smallest absolute Gasteiger partial charge is 0.339 e. The Bertz CT molecular complexity index is 946.